The van der Waals surface area contributed by atoms with E-state index in [-0.39, 0.29) is 19.1 Å². The third-order valence-electron chi connectivity index (χ3n) is 2.89. The molecule has 2 aromatic rings. The van der Waals surface area contributed by atoms with Crippen LogP contribution in [-0.4, -0.2) is 44.7 Å². The van der Waals surface area contributed by atoms with Crippen LogP contribution in [0.5, 0.6) is 0 Å². The van der Waals surface area contributed by atoms with Gasteiger partial charge in [0.2, 0.25) is 5.91 Å². The van der Waals surface area contributed by atoms with Crippen LogP contribution < -0.4 is 5.32 Å². The first-order valence-electron chi connectivity index (χ1n) is 6.89. The number of nitrogens with zero attached hydrogens (tertiary/aromatic N) is 4. The summed E-state index contributed by atoms with van der Waals surface area (Å²) >= 11 is 0. The first-order valence-corrected chi connectivity index (χ1v) is 6.89. The summed E-state index contributed by atoms with van der Waals surface area (Å²) in [5, 5.41) is 13.2. The van der Waals surface area contributed by atoms with E-state index in [4.69, 9.17) is 4.74 Å². The summed E-state index contributed by atoms with van der Waals surface area (Å²) in [5.41, 5.74) is 0.934. The Balaban J connectivity index is 2.00. The van der Waals surface area contributed by atoms with E-state index >= 15 is 0 Å². The fourth-order valence-electron chi connectivity index (χ4n) is 1.93. The molecule has 1 atom stereocenters. The quantitative estimate of drug-likeness (QED) is 0.721. The lowest BCUT2D eigenvalue weighted by molar-refractivity contribution is -0.147. The smallest absolute Gasteiger partial charge is 0.328 e. The van der Waals surface area contributed by atoms with Crippen molar-refractivity contribution in [2.75, 3.05) is 6.61 Å². The van der Waals surface area contributed by atoms with Crippen LogP contribution in [0.15, 0.2) is 36.7 Å². The van der Waals surface area contributed by atoms with Gasteiger partial charge in [-0.2, -0.15) is 0 Å². The third kappa shape index (κ3) is 4.65. The second-order valence-electron chi connectivity index (χ2n) is 4.57. The Morgan fingerprint density at radius 1 is 1.32 bits per heavy atom. The number of tetrazole rings is 1. The Hall–Kier alpha value is -2.77. The molecule has 0 aliphatic rings. The first kappa shape index (κ1) is 15.6. The summed E-state index contributed by atoms with van der Waals surface area (Å²) in [4.78, 5) is 24.0. The Bertz CT molecular complexity index is 600. The molecule has 0 spiro atoms. The fraction of sp³-hybridized carbons (Fsp3) is 0.357. The van der Waals surface area contributed by atoms with Crippen LogP contribution in [0.3, 0.4) is 0 Å². The molecule has 1 heterocycles. The van der Waals surface area contributed by atoms with Gasteiger partial charge >= 0.3 is 5.97 Å². The van der Waals surface area contributed by atoms with Crippen LogP contribution in [0.2, 0.25) is 0 Å². The number of hydrogen-bond acceptors (Lipinski definition) is 6. The zero-order valence-corrected chi connectivity index (χ0v) is 12.2. The van der Waals surface area contributed by atoms with Gasteiger partial charge < -0.3 is 10.1 Å². The molecule has 1 amide bonds. The predicted octanol–water partition coefficient (Wildman–Crippen LogP) is -0.0363. The predicted molar refractivity (Wildman–Crippen MR) is 76.5 cm³/mol. The maximum Gasteiger partial charge on any atom is 0.328 e. The number of benzene rings is 1. The molecule has 0 aliphatic heterocycles. The molecule has 0 aliphatic carbocycles. The lowest BCUT2D eigenvalue weighted by atomic mass is 10.1. The Labute approximate surface area is 127 Å². The van der Waals surface area contributed by atoms with E-state index in [0.717, 1.165) is 5.56 Å². The second kappa shape index (κ2) is 7.87. The van der Waals surface area contributed by atoms with Gasteiger partial charge in [-0.3, -0.25) is 4.79 Å². The van der Waals surface area contributed by atoms with E-state index in [1.54, 1.807) is 6.92 Å². The molecule has 116 valence electrons. The maximum absolute atomic E-state index is 12.0. The first-order chi connectivity index (χ1) is 10.7. The molecular formula is C14H17N5O3. The summed E-state index contributed by atoms with van der Waals surface area (Å²) in [6.07, 6.45) is 1.69. The number of amides is 1. The minimum atomic E-state index is -0.744. The summed E-state index contributed by atoms with van der Waals surface area (Å²) in [6.45, 7) is 1.92. The number of carbonyl (C=O) groups is 2. The summed E-state index contributed by atoms with van der Waals surface area (Å²) < 4.78 is 6.29. The molecule has 1 aromatic heterocycles. The van der Waals surface area contributed by atoms with Gasteiger partial charge in [-0.1, -0.05) is 30.3 Å². The number of esters is 1. The molecule has 8 nitrogen and oxygen atoms in total. The van der Waals surface area contributed by atoms with Gasteiger partial charge in [-0.05, 0) is 22.9 Å². The van der Waals surface area contributed by atoms with Crippen LogP contribution in [0.4, 0.5) is 0 Å². The van der Waals surface area contributed by atoms with Crippen LogP contribution in [0, 0.1) is 0 Å². The second-order valence-corrected chi connectivity index (χ2v) is 4.57. The average molecular weight is 303 g/mol. The summed E-state index contributed by atoms with van der Waals surface area (Å²) in [7, 11) is 0. The Morgan fingerprint density at radius 3 is 2.73 bits per heavy atom. The minimum absolute atomic E-state index is 0.0578. The van der Waals surface area contributed by atoms with Crippen LogP contribution in [0.1, 0.15) is 12.5 Å². The van der Waals surface area contributed by atoms with Gasteiger partial charge in [-0.15, -0.1) is 5.10 Å². The molecule has 2 rings (SSSR count). The number of hydrogen-bond donors (Lipinski definition) is 1. The zero-order chi connectivity index (χ0) is 15.8. The molecule has 8 heteroatoms. The van der Waals surface area contributed by atoms with Gasteiger partial charge in [0.15, 0.2) is 0 Å². The molecule has 0 fully saturated rings. The lowest BCUT2D eigenvalue weighted by Gasteiger charge is -2.17. The molecule has 0 radical (unpaired) electrons. The van der Waals surface area contributed by atoms with Gasteiger partial charge in [0.25, 0.3) is 0 Å². The highest BCUT2D eigenvalue weighted by molar-refractivity contribution is 5.84. The Morgan fingerprint density at radius 2 is 2.09 bits per heavy atom. The Kier molecular flexibility index (Phi) is 5.58. The van der Waals surface area contributed by atoms with Crippen molar-refractivity contribution in [1.29, 1.82) is 0 Å². The lowest BCUT2D eigenvalue weighted by Crippen LogP contribution is -2.44. The largest absolute Gasteiger partial charge is 0.464 e. The van der Waals surface area contributed by atoms with E-state index in [1.807, 2.05) is 30.3 Å². The van der Waals surface area contributed by atoms with Gasteiger partial charge in [0.05, 0.1) is 6.61 Å². The molecule has 1 N–H and O–H groups in total. The van der Waals surface area contributed by atoms with Crippen LogP contribution >= 0.6 is 0 Å². The van der Waals surface area contributed by atoms with Crippen LogP contribution in [-0.2, 0) is 27.3 Å². The van der Waals surface area contributed by atoms with Crippen molar-refractivity contribution in [2.45, 2.75) is 25.9 Å². The SMILES string of the molecule is CCOC(=O)C(Cc1ccccc1)NC(=O)Cn1cnnn1. The standard InChI is InChI=1S/C14H17N5O3/c1-2-22-14(21)12(8-11-6-4-3-5-7-11)16-13(20)9-19-10-15-17-18-19/h3-7,10,12H,2,8-9H2,1H3,(H,16,20). The van der Waals surface area contributed by atoms with Crippen molar-refractivity contribution >= 4 is 11.9 Å². The van der Waals surface area contributed by atoms with E-state index in [1.165, 1.54) is 11.0 Å². The van der Waals surface area contributed by atoms with Crippen molar-refractivity contribution in [2.24, 2.45) is 0 Å². The highest BCUT2D eigenvalue weighted by atomic mass is 16.5. The van der Waals surface area contributed by atoms with Crippen molar-refractivity contribution in [3.8, 4) is 0 Å². The average Bonchev–Trinajstić information content (AvgIpc) is 3.00. The monoisotopic (exact) mass is 303 g/mol. The summed E-state index contributed by atoms with van der Waals surface area (Å²) in [6, 6.07) is 8.67. The number of carbonyl (C=O) groups excluding carboxylic acids is 2. The van der Waals surface area contributed by atoms with E-state index in [2.05, 4.69) is 20.8 Å². The minimum Gasteiger partial charge on any atom is -0.464 e. The zero-order valence-electron chi connectivity index (χ0n) is 12.2. The van der Waals surface area contributed by atoms with Crippen molar-refractivity contribution in [3.05, 3.63) is 42.2 Å². The topological polar surface area (TPSA) is 99.0 Å². The fourth-order valence-corrected chi connectivity index (χ4v) is 1.93. The highest BCUT2D eigenvalue weighted by Gasteiger charge is 2.22. The van der Waals surface area contributed by atoms with Crippen molar-refractivity contribution in [1.82, 2.24) is 25.5 Å². The van der Waals surface area contributed by atoms with Gasteiger partial charge in [-0.25, -0.2) is 9.48 Å². The van der Waals surface area contributed by atoms with E-state index in [9.17, 15) is 9.59 Å². The molecule has 1 aromatic carbocycles. The molecule has 0 saturated carbocycles. The third-order valence-corrected chi connectivity index (χ3v) is 2.89. The van der Waals surface area contributed by atoms with E-state index < -0.39 is 12.0 Å². The normalized spacial score (nSPS) is 11.7. The number of aromatic nitrogens is 4. The summed E-state index contributed by atoms with van der Waals surface area (Å²) in [5.74, 6) is -0.822. The number of ether oxygens (including phenoxy) is 1. The molecular weight excluding hydrogens is 286 g/mol. The van der Waals surface area contributed by atoms with Crippen LogP contribution in [0.25, 0.3) is 0 Å². The highest BCUT2D eigenvalue weighted by Crippen LogP contribution is 2.05. The molecule has 0 bridgehead atoms. The van der Waals surface area contributed by atoms with Crippen molar-refractivity contribution < 1.29 is 14.3 Å². The van der Waals surface area contributed by atoms with E-state index in [0.29, 0.717) is 6.42 Å². The van der Waals surface area contributed by atoms with Gasteiger partial charge in [0, 0.05) is 6.42 Å². The molecule has 22 heavy (non-hydrogen) atoms. The number of rotatable bonds is 7. The molecule has 1 unspecified atom stereocenters. The number of nitrogens with one attached hydrogen (secondary N) is 1. The van der Waals surface area contributed by atoms with Crippen molar-refractivity contribution in [3.63, 3.8) is 0 Å². The van der Waals surface area contributed by atoms with Gasteiger partial charge in [0.1, 0.15) is 18.9 Å². The molecule has 0 saturated heterocycles. The maximum atomic E-state index is 12.0.